The van der Waals surface area contributed by atoms with E-state index in [-0.39, 0.29) is 18.4 Å². The number of hydrogen-bond donors (Lipinski definition) is 2. The lowest BCUT2D eigenvalue weighted by Crippen LogP contribution is -2.47. The molecule has 30 heavy (non-hydrogen) atoms. The van der Waals surface area contributed by atoms with Gasteiger partial charge in [-0.15, -0.1) is 0 Å². The normalized spacial score (nSPS) is 33.2. The Balaban J connectivity index is 1.77. The van der Waals surface area contributed by atoms with Gasteiger partial charge in [-0.3, -0.25) is 13.6 Å². The lowest BCUT2D eigenvalue weighted by Gasteiger charge is -2.36. The number of ether oxygens (including phenoxy) is 2. The van der Waals surface area contributed by atoms with Crippen LogP contribution in [0, 0.1) is 0 Å². The van der Waals surface area contributed by atoms with Gasteiger partial charge >= 0.3 is 7.75 Å². The third-order valence-electron chi connectivity index (χ3n) is 5.05. The van der Waals surface area contributed by atoms with E-state index in [2.05, 4.69) is 30.1 Å². The van der Waals surface area contributed by atoms with Crippen molar-refractivity contribution in [3.63, 3.8) is 0 Å². The molecule has 2 aliphatic rings. The van der Waals surface area contributed by atoms with Gasteiger partial charge in [-0.1, -0.05) is 12.0 Å². The minimum atomic E-state index is -3.58. The first-order chi connectivity index (χ1) is 14.3. The molecule has 0 saturated carbocycles. The monoisotopic (exact) mass is 439 g/mol. The predicted molar refractivity (Wildman–Crippen MR) is 104 cm³/mol. The summed E-state index contributed by atoms with van der Waals surface area (Å²) in [6.45, 7) is 4.03. The first-order valence-electron chi connectivity index (χ1n) is 9.29. The Morgan fingerprint density at radius 1 is 1.57 bits per heavy atom. The zero-order valence-corrected chi connectivity index (χ0v) is 17.5. The molecule has 0 spiro atoms. The standard InChI is InChI=1S/C15H22N9O5P/c1-4-5-19-30(25)27-6-8-10(29-30)15(2,22-23-17)13(28-8)24-7-18-9-11(24)20-14(16)21-12(9)26-3/h7-8,10,13H,4-6H2,1-3H3,(H,19,25)(H2,16,20,21)/t8-,10-,13-,15-,30?/m1/s1. The molecule has 0 bridgehead atoms. The van der Waals surface area contributed by atoms with Crippen LogP contribution < -0.4 is 15.6 Å². The molecule has 2 aromatic heterocycles. The van der Waals surface area contributed by atoms with Crippen molar-refractivity contribution in [2.75, 3.05) is 26.0 Å². The van der Waals surface area contributed by atoms with Gasteiger partial charge in [0.2, 0.25) is 11.8 Å². The van der Waals surface area contributed by atoms with Gasteiger partial charge in [0.05, 0.1) is 20.0 Å². The fourth-order valence-electron chi connectivity index (χ4n) is 3.65. The van der Waals surface area contributed by atoms with Crippen molar-refractivity contribution in [3.05, 3.63) is 16.8 Å². The molecule has 162 valence electrons. The first-order valence-corrected chi connectivity index (χ1v) is 10.8. The average molecular weight is 439 g/mol. The predicted octanol–water partition coefficient (Wildman–Crippen LogP) is 1.91. The molecule has 0 radical (unpaired) electrons. The third kappa shape index (κ3) is 3.27. The average Bonchev–Trinajstić information content (AvgIpc) is 3.25. The van der Waals surface area contributed by atoms with Crippen molar-refractivity contribution >= 4 is 24.9 Å². The number of rotatable bonds is 6. The second-order valence-electron chi connectivity index (χ2n) is 7.08. The molecule has 4 rings (SSSR count). The van der Waals surface area contributed by atoms with Crippen molar-refractivity contribution in [1.82, 2.24) is 24.6 Å². The highest BCUT2D eigenvalue weighted by Gasteiger charge is 2.60. The summed E-state index contributed by atoms with van der Waals surface area (Å²) in [5, 5.41) is 6.76. The second-order valence-corrected chi connectivity index (χ2v) is 8.86. The summed E-state index contributed by atoms with van der Waals surface area (Å²) in [6.07, 6.45) is -0.143. The Kier molecular flexibility index (Phi) is 5.30. The first kappa shape index (κ1) is 20.8. The zero-order valence-electron chi connectivity index (χ0n) is 16.6. The molecular weight excluding hydrogens is 417 g/mol. The maximum Gasteiger partial charge on any atom is 0.405 e. The van der Waals surface area contributed by atoms with Crippen LogP contribution >= 0.6 is 7.75 Å². The van der Waals surface area contributed by atoms with E-state index in [0.717, 1.165) is 6.42 Å². The van der Waals surface area contributed by atoms with Gasteiger partial charge < -0.3 is 15.2 Å². The number of methoxy groups -OCH3 is 1. The zero-order chi connectivity index (χ0) is 21.5. The number of aromatic nitrogens is 4. The van der Waals surface area contributed by atoms with E-state index in [1.165, 1.54) is 13.4 Å². The van der Waals surface area contributed by atoms with Gasteiger partial charge in [0.15, 0.2) is 17.4 Å². The van der Waals surface area contributed by atoms with Crippen molar-refractivity contribution in [3.8, 4) is 5.88 Å². The van der Waals surface area contributed by atoms with E-state index in [9.17, 15) is 10.1 Å². The van der Waals surface area contributed by atoms with E-state index in [1.54, 1.807) is 11.5 Å². The summed E-state index contributed by atoms with van der Waals surface area (Å²) >= 11 is 0. The van der Waals surface area contributed by atoms with Crippen molar-refractivity contribution in [2.45, 2.75) is 44.2 Å². The minimum Gasteiger partial charge on any atom is -0.479 e. The van der Waals surface area contributed by atoms with Crippen LogP contribution in [0.2, 0.25) is 0 Å². The molecule has 2 aromatic rings. The summed E-state index contributed by atoms with van der Waals surface area (Å²) in [6, 6.07) is 0. The fraction of sp³-hybridized carbons (Fsp3) is 0.667. The van der Waals surface area contributed by atoms with Crippen LogP contribution in [0.3, 0.4) is 0 Å². The summed E-state index contributed by atoms with van der Waals surface area (Å²) in [7, 11) is -2.14. The smallest absolute Gasteiger partial charge is 0.405 e. The minimum absolute atomic E-state index is 0.00122. The highest BCUT2D eigenvalue weighted by atomic mass is 31.2. The maximum absolute atomic E-state index is 12.9. The highest BCUT2D eigenvalue weighted by molar-refractivity contribution is 7.51. The number of fused-ring (bicyclic) bond motifs is 2. The number of nitrogens with zero attached hydrogens (tertiary/aromatic N) is 7. The summed E-state index contributed by atoms with van der Waals surface area (Å²) in [5.41, 5.74) is 14.5. The largest absolute Gasteiger partial charge is 0.479 e. The molecule has 0 aliphatic carbocycles. The van der Waals surface area contributed by atoms with Crippen LogP contribution in [0.5, 0.6) is 5.88 Å². The number of anilines is 1. The Labute approximate surface area is 171 Å². The van der Waals surface area contributed by atoms with Crippen LogP contribution in [-0.4, -0.2) is 57.5 Å². The lowest BCUT2D eigenvalue weighted by atomic mass is 9.93. The van der Waals surface area contributed by atoms with Crippen LogP contribution in [-0.2, 0) is 18.3 Å². The number of nitrogens with two attached hydrogens (primary N) is 1. The van der Waals surface area contributed by atoms with Crippen molar-refractivity contribution < 1.29 is 23.1 Å². The molecule has 2 fully saturated rings. The molecule has 0 amide bonds. The third-order valence-corrected chi connectivity index (χ3v) is 6.65. The molecule has 2 aliphatic heterocycles. The van der Waals surface area contributed by atoms with Gasteiger partial charge in [0.25, 0.3) is 0 Å². The van der Waals surface area contributed by atoms with Crippen LogP contribution in [0.25, 0.3) is 21.6 Å². The fourth-order valence-corrected chi connectivity index (χ4v) is 5.36. The van der Waals surface area contributed by atoms with Gasteiger partial charge in [-0.05, 0) is 18.9 Å². The lowest BCUT2D eigenvalue weighted by molar-refractivity contribution is -0.0585. The number of nitrogens with one attached hydrogen (secondary N) is 1. The van der Waals surface area contributed by atoms with E-state index in [4.69, 9.17) is 24.3 Å². The number of nitrogen functional groups attached to an aromatic ring is 1. The van der Waals surface area contributed by atoms with Crippen LogP contribution in [0.15, 0.2) is 11.4 Å². The van der Waals surface area contributed by atoms with Gasteiger partial charge in [-0.25, -0.2) is 14.6 Å². The molecular formula is C15H22N9O5P. The molecule has 15 heteroatoms. The van der Waals surface area contributed by atoms with Gasteiger partial charge in [0, 0.05) is 11.5 Å². The Morgan fingerprint density at radius 2 is 2.37 bits per heavy atom. The SMILES string of the molecule is CCCNP1(=O)OC[C@H]2O[C@@H](n3cnc4c(OC)nc(N)nc43)[C@](C)(N=[N+]=[N-])[C@@H]2O1. The Hall–Kier alpha value is -2.47. The molecule has 0 aromatic carbocycles. The number of azide groups is 1. The number of hydrogen-bond acceptors (Lipinski definition) is 10. The molecule has 1 unspecified atom stereocenters. The highest BCUT2D eigenvalue weighted by Crippen LogP contribution is 2.56. The van der Waals surface area contributed by atoms with Gasteiger partial charge in [0.1, 0.15) is 17.7 Å². The summed E-state index contributed by atoms with van der Waals surface area (Å²) in [5.74, 6) is 0.180. The summed E-state index contributed by atoms with van der Waals surface area (Å²) < 4.78 is 37.1. The quantitative estimate of drug-likeness (QED) is 0.291. The maximum atomic E-state index is 12.9. The van der Waals surface area contributed by atoms with Crippen molar-refractivity contribution in [2.24, 2.45) is 5.11 Å². The summed E-state index contributed by atoms with van der Waals surface area (Å²) in [4.78, 5) is 15.5. The Bertz CT molecular complexity index is 1060. The molecule has 2 saturated heterocycles. The van der Waals surface area contributed by atoms with Crippen molar-refractivity contribution in [1.29, 1.82) is 0 Å². The van der Waals surface area contributed by atoms with Crippen LogP contribution in [0.4, 0.5) is 5.95 Å². The van der Waals surface area contributed by atoms with E-state index in [1.807, 2.05) is 6.92 Å². The topological polar surface area (TPSA) is 184 Å². The molecule has 3 N–H and O–H groups in total. The van der Waals surface area contributed by atoms with E-state index >= 15 is 0 Å². The molecule has 14 nitrogen and oxygen atoms in total. The Morgan fingerprint density at radius 3 is 3.07 bits per heavy atom. The van der Waals surface area contributed by atoms with E-state index in [0.29, 0.717) is 17.7 Å². The number of imidazole rings is 1. The second kappa shape index (κ2) is 7.65. The molecule has 5 atom stereocenters. The van der Waals surface area contributed by atoms with Gasteiger partial charge in [-0.2, -0.15) is 9.97 Å². The van der Waals surface area contributed by atoms with E-state index < -0.39 is 31.7 Å². The molecule has 4 heterocycles. The van der Waals surface area contributed by atoms with Crippen LogP contribution in [0.1, 0.15) is 26.5 Å².